The Morgan fingerprint density at radius 2 is 1.89 bits per heavy atom. The Hall–Kier alpha value is -3.46. The smallest absolute Gasteiger partial charge is 0.313 e. The molecule has 1 aliphatic carbocycles. The number of rotatable bonds is 4. The van der Waals surface area contributed by atoms with Gasteiger partial charge in [-0.3, -0.25) is 9.59 Å². The minimum absolute atomic E-state index is 0.0769. The summed E-state index contributed by atoms with van der Waals surface area (Å²) in [6.07, 6.45) is 3.43. The summed E-state index contributed by atoms with van der Waals surface area (Å²) in [7, 11) is 1.30. The van der Waals surface area contributed by atoms with Gasteiger partial charge in [-0.1, -0.05) is 43.3 Å². The van der Waals surface area contributed by atoms with E-state index in [1.165, 1.54) is 13.5 Å². The van der Waals surface area contributed by atoms with Crippen LogP contribution in [-0.4, -0.2) is 53.3 Å². The molecular weight excluding hydrogens is 446 g/mol. The molecule has 4 unspecified atom stereocenters. The number of amides is 1. The monoisotopic (exact) mass is 477 g/mol. The molecule has 3 aliphatic heterocycles. The predicted octanol–water partition coefficient (Wildman–Crippen LogP) is 2.46. The molecular formula is C26H31N5O4. The quantitative estimate of drug-likeness (QED) is 0.575. The van der Waals surface area contributed by atoms with Gasteiger partial charge < -0.3 is 20.1 Å². The summed E-state index contributed by atoms with van der Waals surface area (Å²) in [5.41, 5.74) is 6.30. The highest BCUT2D eigenvalue weighted by molar-refractivity contribution is 5.92. The Morgan fingerprint density at radius 3 is 2.46 bits per heavy atom. The number of hydrogen-bond acceptors (Lipinski definition) is 7. The largest absolute Gasteiger partial charge is 0.469 e. The van der Waals surface area contributed by atoms with Gasteiger partial charge in [-0.05, 0) is 30.9 Å². The summed E-state index contributed by atoms with van der Waals surface area (Å²) in [5, 5.41) is 4.67. The fraction of sp³-hybridized carbons (Fsp3) is 0.462. The highest BCUT2D eigenvalue weighted by Gasteiger charge is 2.78. The molecule has 0 spiro atoms. The van der Waals surface area contributed by atoms with E-state index in [1.54, 1.807) is 4.52 Å². The predicted molar refractivity (Wildman–Crippen MR) is 130 cm³/mol. The number of esters is 1. The van der Waals surface area contributed by atoms with Crippen molar-refractivity contribution in [2.75, 3.05) is 31.7 Å². The third-order valence-electron chi connectivity index (χ3n) is 7.55. The fourth-order valence-corrected chi connectivity index (χ4v) is 5.66. The van der Waals surface area contributed by atoms with Gasteiger partial charge in [0.1, 0.15) is 11.5 Å². The summed E-state index contributed by atoms with van der Waals surface area (Å²) >= 11 is 0. The van der Waals surface area contributed by atoms with Crippen molar-refractivity contribution in [2.24, 2.45) is 23.0 Å². The van der Waals surface area contributed by atoms with E-state index in [9.17, 15) is 9.59 Å². The third-order valence-corrected chi connectivity index (χ3v) is 7.55. The number of nitrogens with two attached hydrogens (primary N) is 1. The maximum atomic E-state index is 12.5. The summed E-state index contributed by atoms with van der Waals surface area (Å²) < 4.78 is 12.7. The minimum atomic E-state index is -1.07. The zero-order chi connectivity index (χ0) is 24.8. The van der Waals surface area contributed by atoms with Crippen molar-refractivity contribution in [3.63, 3.8) is 0 Å². The van der Waals surface area contributed by atoms with Crippen LogP contribution in [0.4, 0.5) is 5.69 Å². The lowest BCUT2D eigenvalue weighted by atomic mass is 9.53. The zero-order valence-electron chi connectivity index (χ0n) is 20.3. The molecule has 4 aliphatic rings. The number of hydrogen-bond donors (Lipinski definition) is 1. The summed E-state index contributed by atoms with van der Waals surface area (Å²) in [6, 6.07) is 14.1. The lowest BCUT2D eigenvalue weighted by Crippen LogP contribution is -2.62. The van der Waals surface area contributed by atoms with Crippen molar-refractivity contribution in [3.8, 4) is 0 Å². The Bertz CT molecular complexity index is 1230. The van der Waals surface area contributed by atoms with E-state index < -0.39 is 28.8 Å². The first kappa shape index (κ1) is 23.3. The summed E-state index contributed by atoms with van der Waals surface area (Å²) in [5.74, 6) is -0.825. The molecule has 2 aromatic heterocycles. The van der Waals surface area contributed by atoms with Gasteiger partial charge in [0.15, 0.2) is 11.5 Å². The van der Waals surface area contributed by atoms with Gasteiger partial charge in [0, 0.05) is 19.5 Å². The van der Waals surface area contributed by atoms with Gasteiger partial charge in [0.2, 0.25) is 5.91 Å². The summed E-state index contributed by atoms with van der Waals surface area (Å²) in [4.78, 5) is 31.6. The van der Waals surface area contributed by atoms with Crippen molar-refractivity contribution in [1.29, 1.82) is 0 Å². The number of nitrogens with zero attached hydrogens (tertiary/aromatic N) is 4. The van der Waals surface area contributed by atoms with Crippen LogP contribution in [0.1, 0.15) is 31.2 Å². The van der Waals surface area contributed by atoms with E-state index in [2.05, 4.69) is 23.0 Å². The molecule has 9 nitrogen and oxygen atoms in total. The summed E-state index contributed by atoms with van der Waals surface area (Å²) in [6.45, 7) is 6.37. The van der Waals surface area contributed by atoms with Gasteiger partial charge in [0.25, 0.3) is 0 Å². The molecule has 5 heterocycles. The first-order valence-electron chi connectivity index (χ1n) is 11.9. The molecule has 9 heteroatoms. The van der Waals surface area contributed by atoms with Crippen LogP contribution in [0.15, 0.2) is 48.7 Å². The van der Waals surface area contributed by atoms with Crippen LogP contribution in [0.2, 0.25) is 0 Å². The number of methoxy groups -OCH3 is 1. The SMILES string of the molecule is COC(=O)C1C2(C(N)=O)COC1(c1nc3c(C)cc(N4CCC(C)C4)cn3n1)C2.c1ccccc1. The first-order chi connectivity index (χ1) is 16.8. The maximum Gasteiger partial charge on any atom is 0.313 e. The molecule has 1 aromatic carbocycles. The number of carbonyl (C=O) groups is 2. The molecule has 184 valence electrons. The highest BCUT2D eigenvalue weighted by atomic mass is 16.5. The number of carbonyl (C=O) groups excluding carboxylic acids is 2. The molecule has 2 N–H and O–H groups in total. The third kappa shape index (κ3) is 3.65. The van der Waals surface area contributed by atoms with E-state index in [0.717, 1.165) is 24.3 Å². The van der Waals surface area contributed by atoms with Crippen molar-refractivity contribution in [3.05, 3.63) is 60.0 Å². The van der Waals surface area contributed by atoms with E-state index in [0.29, 0.717) is 23.8 Å². The molecule has 1 amide bonds. The number of primary amides is 1. The van der Waals surface area contributed by atoms with Gasteiger partial charge in [-0.15, -0.1) is 5.10 Å². The van der Waals surface area contributed by atoms with Gasteiger partial charge >= 0.3 is 5.97 Å². The van der Waals surface area contributed by atoms with Crippen LogP contribution in [0, 0.1) is 24.2 Å². The number of benzene rings is 1. The fourth-order valence-electron chi connectivity index (χ4n) is 5.66. The average Bonchev–Trinajstić information content (AvgIpc) is 3.62. The normalized spacial score (nSPS) is 28.8. The van der Waals surface area contributed by atoms with Crippen LogP contribution in [-0.2, 0) is 24.7 Å². The standard InChI is InChI=1S/C20H25N5O4.C6H6/c1-11-4-5-24(7-11)13-6-12(2)15-22-18(23-25(15)8-13)20-9-19(10-29-20,17(21)27)14(20)16(26)28-3;1-2-4-6-5-3-1/h6,8,11,14H,4-5,7,9-10H2,1-3H3,(H2,21,27);1-6H. The van der Waals surface area contributed by atoms with Crippen LogP contribution >= 0.6 is 0 Å². The lowest BCUT2D eigenvalue weighted by Gasteiger charge is -2.47. The highest BCUT2D eigenvalue weighted by Crippen LogP contribution is 2.66. The van der Waals surface area contributed by atoms with Gasteiger partial charge in [0.05, 0.1) is 31.0 Å². The molecule has 3 saturated heterocycles. The molecule has 2 bridgehead atoms. The second-order valence-electron chi connectivity index (χ2n) is 9.91. The van der Waals surface area contributed by atoms with Gasteiger partial charge in [-0.25, -0.2) is 9.50 Å². The second-order valence-corrected chi connectivity index (χ2v) is 9.91. The van der Waals surface area contributed by atoms with Crippen molar-refractivity contribution in [2.45, 2.75) is 32.3 Å². The lowest BCUT2D eigenvalue weighted by molar-refractivity contribution is -0.177. The van der Waals surface area contributed by atoms with E-state index in [1.807, 2.05) is 49.5 Å². The van der Waals surface area contributed by atoms with Gasteiger partial charge in [-0.2, -0.15) is 0 Å². The molecule has 1 saturated carbocycles. The van der Waals surface area contributed by atoms with Crippen LogP contribution in [0.25, 0.3) is 5.65 Å². The number of anilines is 1. The molecule has 0 radical (unpaired) electrons. The Labute approximate surface area is 204 Å². The van der Waals surface area contributed by atoms with Crippen LogP contribution in [0.3, 0.4) is 0 Å². The van der Waals surface area contributed by atoms with Crippen LogP contribution in [0.5, 0.6) is 0 Å². The number of aromatic nitrogens is 3. The number of fused-ring (bicyclic) bond motifs is 2. The van der Waals surface area contributed by atoms with E-state index in [4.69, 9.17) is 20.2 Å². The Morgan fingerprint density at radius 1 is 1.20 bits per heavy atom. The molecule has 3 aromatic rings. The van der Waals surface area contributed by atoms with Crippen molar-refractivity contribution in [1.82, 2.24) is 14.6 Å². The average molecular weight is 478 g/mol. The van der Waals surface area contributed by atoms with E-state index >= 15 is 0 Å². The number of ether oxygens (including phenoxy) is 2. The van der Waals surface area contributed by atoms with Crippen molar-refractivity contribution < 1.29 is 19.1 Å². The molecule has 4 fully saturated rings. The molecule has 7 rings (SSSR count). The number of aryl methyl sites for hydroxylation is 1. The topological polar surface area (TPSA) is 112 Å². The Balaban J connectivity index is 0.000000371. The van der Waals surface area contributed by atoms with E-state index in [-0.39, 0.29) is 6.61 Å². The van der Waals surface area contributed by atoms with Crippen LogP contribution < -0.4 is 10.6 Å². The number of pyridine rings is 1. The second kappa shape index (κ2) is 8.64. The maximum absolute atomic E-state index is 12.5. The first-order valence-corrected chi connectivity index (χ1v) is 11.9. The Kier molecular flexibility index (Phi) is 5.75. The molecule has 35 heavy (non-hydrogen) atoms. The minimum Gasteiger partial charge on any atom is -0.469 e. The van der Waals surface area contributed by atoms with Crippen molar-refractivity contribution >= 4 is 23.2 Å². The zero-order valence-corrected chi connectivity index (χ0v) is 20.3. The molecule has 4 atom stereocenters.